The Kier molecular flexibility index (Phi) is 5.13. The molecule has 134 valence electrons. The van der Waals surface area contributed by atoms with Crippen LogP contribution in [0.2, 0.25) is 0 Å². The number of nitrogens with one attached hydrogen (secondary N) is 1. The van der Waals surface area contributed by atoms with Crippen molar-refractivity contribution >= 4 is 44.3 Å². The summed E-state index contributed by atoms with van der Waals surface area (Å²) in [6.45, 7) is 0. The molecule has 2 aromatic carbocycles. The van der Waals surface area contributed by atoms with Gasteiger partial charge in [-0.05, 0) is 17.7 Å². The van der Waals surface area contributed by atoms with Crippen LogP contribution in [-0.2, 0) is 11.2 Å². The minimum atomic E-state index is -0.168. The average molecular weight is 439 g/mol. The van der Waals surface area contributed by atoms with Crippen LogP contribution in [0.5, 0.6) is 0 Å². The summed E-state index contributed by atoms with van der Waals surface area (Å²) < 4.78 is 2.96. The van der Waals surface area contributed by atoms with Crippen molar-refractivity contribution in [1.82, 2.24) is 14.8 Å². The summed E-state index contributed by atoms with van der Waals surface area (Å²) in [6, 6.07) is 17.7. The fourth-order valence-electron chi connectivity index (χ4n) is 2.64. The molecule has 0 aliphatic rings. The van der Waals surface area contributed by atoms with Crippen molar-refractivity contribution in [2.24, 2.45) is 5.10 Å². The molecule has 1 amide bonds. The second kappa shape index (κ2) is 7.85. The number of imidazole rings is 1. The SMILES string of the molecule is O=C(Cc1csc2nc(-c3ccccc3)cn12)N/N=C/c1ccc(Br)cc1. The molecule has 2 heterocycles. The zero-order valence-electron chi connectivity index (χ0n) is 14.2. The largest absolute Gasteiger partial charge is 0.294 e. The predicted octanol–water partition coefficient (Wildman–Crippen LogP) is 4.52. The zero-order valence-corrected chi connectivity index (χ0v) is 16.6. The molecule has 0 radical (unpaired) electrons. The van der Waals surface area contributed by atoms with Gasteiger partial charge in [0.05, 0.1) is 18.3 Å². The van der Waals surface area contributed by atoms with E-state index in [0.717, 1.165) is 31.9 Å². The van der Waals surface area contributed by atoms with Crippen LogP contribution in [0.3, 0.4) is 0 Å². The van der Waals surface area contributed by atoms with Gasteiger partial charge in [0, 0.05) is 27.3 Å². The standard InChI is InChI=1S/C20H15BrN4OS/c21-16-8-6-14(7-9-16)11-22-24-19(26)10-17-13-27-20-23-18(12-25(17)20)15-4-2-1-3-5-15/h1-9,11-13H,10H2,(H,24,26)/b22-11+. The lowest BCUT2D eigenvalue weighted by Gasteiger charge is -1.99. The lowest BCUT2D eigenvalue weighted by molar-refractivity contribution is -0.120. The van der Waals surface area contributed by atoms with Gasteiger partial charge in [0.2, 0.25) is 5.91 Å². The molecule has 4 rings (SSSR count). The van der Waals surface area contributed by atoms with Gasteiger partial charge < -0.3 is 0 Å². The Balaban J connectivity index is 1.44. The lowest BCUT2D eigenvalue weighted by Crippen LogP contribution is -2.20. The second-order valence-corrected chi connectivity index (χ2v) is 7.65. The maximum atomic E-state index is 12.2. The number of thiazole rings is 1. The minimum absolute atomic E-state index is 0.168. The van der Waals surface area contributed by atoms with E-state index in [2.05, 4.69) is 31.4 Å². The Morgan fingerprint density at radius 2 is 1.96 bits per heavy atom. The smallest absolute Gasteiger partial charge is 0.246 e. The number of fused-ring (bicyclic) bond motifs is 1. The van der Waals surface area contributed by atoms with E-state index < -0.39 is 0 Å². The van der Waals surface area contributed by atoms with Crippen LogP contribution in [0.1, 0.15) is 11.3 Å². The van der Waals surface area contributed by atoms with Gasteiger partial charge in [-0.2, -0.15) is 5.10 Å². The maximum absolute atomic E-state index is 12.2. The van der Waals surface area contributed by atoms with Crippen LogP contribution in [0.25, 0.3) is 16.2 Å². The molecule has 0 aliphatic carbocycles. The summed E-state index contributed by atoms with van der Waals surface area (Å²) in [6.07, 6.45) is 3.83. The Bertz CT molecular complexity index is 1100. The molecule has 7 heteroatoms. The van der Waals surface area contributed by atoms with Crippen molar-refractivity contribution in [3.63, 3.8) is 0 Å². The highest BCUT2D eigenvalue weighted by molar-refractivity contribution is 9.10. The summed E-state index contributed by atoms with van der Waals surface area (Å²) in [5.74, 6) is -0.168. The van der Waals surface area contributed by atoms with Crippen LogP contribution in [0.15, 0.2) is 75.7 Å². The number of hydrogen-bond donors (Lipinski definition) is 1. The van der Waals surface area contributed by atoms with E-state index in [1.165, 1.54) is 11.3 Å². The van der Waals surface area contributed by atoms with Gasteiger partial charge in [0.15, 0.2) is 4.96 Å². The van der Waals surface area contributed by atoms with Crippen molar-refractivity contribution < 1.29 is 4.79 Å². The monoisotopic (exact) mass is 438 g/mol. The molecule has 0 saturated carbocycles. The van der Waals surface area contributed by atoms with Crippen molar-refractivity contribution in [3.8, 4) is 11.3 Å². The molecule has 2 aromatic heterocycles. The first-order chi connectivity index (χ1) is 13.2. The van der Waals surface area contributed by atoms with E-state index in [1.54, 1.807) is 6.21 Å². The quantitative estimate of drug-likeness (QED) is 0.367. The van der Waals surface area contributed by atoms with E-state index in [-0.39, 0.29) is 12.3 Å². The Labute approximate surface area is 168 Å². The van der Waals surface area contributed by atoms with Crippen LogP contribution < -0.4 is 5.43 Å². The number of halogens is 1. The van der Waals surface area contributed by atoms with E-state index in [0.29, 0.717) is 0 Å². The number of rotatable bonds is 5. The molecule has 0 spiro atoms. The molecule has 5 nitrogen and oxygen atoms in total. The van der Waals surface area contributed by atoms with Crippen LogP contribution in [-0.4, -0.2) is 21.5 Å². The van der Waals surface area contributed by atoms with Gasteiger partial charge >= 0.3 is 0 Å². The number of carbonyl (C=O) groups is 1. The number of amides is 1. The summed E-state index contributed by atoms with van der Waals surface area (Å²) in [7, 11) is 0. The highest BCUT2D eigenvalue weighted by Crippen LogP contribution is 2.23. The molecule has 0 aliphatic heterocycles. The first-order valence-electron chi connectivity index (χ1n) is 8.27. The number of hydrogen-bond acceptors (Lipinski definition) is 4. The molecule has 27 heavy (non-hydrogen) atoms. The molecule has 0 saturated heterocycles. The Hall–Kier alpha value is -2.77. The molecular formula is C20H15BrN4OS. The van der Waals surface area contributed by atoms with E-state index in [4.69, 9.17) is 0 Å². The first-order valence-corrected chi connectivity index (χ1v) is 9.95. The predicted molar refractivity (Wildman–Crippen MR) is 112 cm³/mol. The minimum Gasteiger partial charge on any atom is -0.294 e. The van der Waals surface area contributed by atoms with Crippen LogP contribution in [0, 0.1) is 0 Å². The summed E-state index contributed by atoms with van der Waals surface area (Å²) in [5, 5.41) is 5.98. The van der Waals surface area contributed by atoms with E-state index in [9.17, 15) is 4.79 Å². The second-order valence-electron chi connectivity index (χ2n) is 5.89. The summed E-state index contributed by atoms with van der Waals surface area (Å²) >= 11 is 4.91. The van der Waals surface area contributed by atoms with Crippen LogP contribution in [0.4, 0.5) is 0 Å². The van der Waals surface area contributed by atoms with Gasteiger partial charge in [0.1, 0.15) is 0 Å². The molecule has 0 unspecified atom stereocenters. The van der Waals surface area contributed by atoms with Crippen molar-refractivity contribution in [1.29, 1.82) is 0 Å². The third-order valence-corrected chi connectivity index (χ3v) is 5.38. The normalized spacial score (nSPS) is 11.3. The highest BCUT2D eigenvalue weighted by atomic mass is 79.9. The van der Waals surface area contributed by atoms with E-state index >= 15 is 0 Å². The molecule has 4 aromatic rings. The average Bonchev–Trinajstić information content (AvgIpc) is 3.26. The van der Waals surface area contributed by atoms with Crippen molar-refractivity contribution in [3.05, 3.63) is 81.9 Å². The molecule has 0 bridgehead atoms. The van der Waals surface area contributed by atoms with E-state index in [1.807, 2.05) is 70.6 Å². The molecule has 1 N–H and O–H groups in total. The topological polar surface area (TPSA) is 58.8 Å². The summed E-state index contributed by atoms with van der Waals surface area (Å²) in [5.41, 5.74) is 6.34. The number of benzene rings is 2. The molecular weight excluding hydrogens is 424 g/mol. The third-order valence-electron chi connectivity index (χ3n) is 3.97. The molecule has 0 fully saturated rings. The number of nitrogens with zero attached hydrogens (tertiary/aromatic N) is 3. The van der Waals surface area contributed by atoms with Gasteiger partial charge in [0.25, 0.3) is 0 Å². The zero-order chi connectivity index (χ0) is 18.6. The third kappa shape index (κ3) is 4.15. The number of hydrazone groups is 1. The fraction of sp³-hybridized carbons (Fsp3) is 0.0500. The van der Waals surface area contributed by atoms with Gasteiger partial charge in [-0.25, -0.2) is 10.4 Å². The maximum Gasteiger partial charge on any atom is 0.246 e. The van der Waals surface area contributed by atoms with Crippen molar-refractivity contribution in [2.45, 2.75) is 6.42 Å². The molecule has 0 atom stereocenters. The van der Waals surface area contributed by atoms with Gasteiger partial charge in [-0.15, -0.1) is 11.3 Å². The van der Waals surface area contributed by atoms with Gasteiger partial charge in [-0.3, -0.25) is 9.20 Å². The lowest BCUT2D eigenvalue weighted by atomic mass is 10.2. The highest BCUT2D eigenvalue weighted by Gasteiger charge is 2.12. The Morgan fingerprint density at radius 1 is 1.19 bits per heavy atom. The van der Waals surface area contributed by atoms with Crippen molar-refractivity contribution in [2.75, 3.05) is 0 Å². The summed E-state index contributed by atoms with van der Waals surface area (Å²) in [4.78, 5) is 17.7. The van der Waals surface area contributed by atoms with Crippen LogP contribution >= 0.6 is 27.3 Å². The number of carbonyl (C=O) groups excluding carboxylic acids is 1. The number of aromatic nitrogens is 2. The fourth-order valence-corrected chi connectivity index (χ4v) is 3.77. The Morgan fingerprint density at radius 3 is 2.74 bits per heavy atom. The van der Waals surface area contributed by atoms with Gasteiger partial charge in [-0.1, -0.05) is 58.4 Å². The first kappa shape index (κ1) is 17.6.